The highest BCUT2D eigenvalue weighted by Crippen LogP contribution is 2.45. The summed E-state index contributed by atoms with van der Waals surface area (Å²) in [6.07, 6.45) is 4.65. The van der Waals surface area contributed by atoms with Gasteiger partial charge in [0.25, 0.3) is 0 Å². The monoisotopic (exact) mass is 275 g/mol. The van der Waals surface area contributed by atoms with Crippen LogP contribution in [0.25, 0.3) is 5.57 Å². The Labute approximate surface area is 103 Å². The largest absolute Gasteiger partial charge is 0.492 e. The zero-order valence-corrected chi connectivity index (χ0v) is 10.3. The summed E-state index contributed by atoms with van der Waals surface area (Å²) in [5.74, 6) is 0.976. The number of fused-ring (bicyclic) bond motifs is 3. The molecular weight excluding hydrogens is 266 g/mol. The summed E-state index contributed by atoms with van der Waals surface area (Å²) >= 11 is 3.55. The van der Waals surface area contributed by atoms with E-state index >= 15 is 0 Å². The van der Waals surface area contributed by atoms with Gasteiger partial charge in [-0.25, -0.2) is 0 Å². The van der Waals surface area contributed by atoms with Crippen LogP contribution in [-0.2, 0) is 12.8 Å². The van der Waals surface area contributed by atoms with Crippen LogP contribution in [0.2, 0.25) is 0 Å². The zero-order valence-electron chi connectivity index (χ0n) is 8.72. The molecule has 0 amide bonds. The maximum absolute atomic E-state index is 8.79. The van der Waals surface area contributed by atoms with Crippen LogP contribution in [0.5, 0.6) is 5.75 Å². The molecule has 0 N–H and O–H groups in total. The summed E-state index contributed by atoms with van der Waals surface area (Å²) in [5.41, 5.74) is 5.07. The minimum Gasteiger partial charge on any atom is -0.492 e. The Morgan fingerprint density at radius 2 is 2.25 bits per heavy atom. The van der Waals surface area contributed by atoms with Gasteiger partial charge in [0.15, 0.2) is 0 Å². The Morgan fingerprint density at radius 3 is 3.06 bits per heavy atom. The van der Waals surface area contributed by atoms with Crippen molar-refractivity contribution >= 4 is 21.5 Å². The number of nitriles is 1. The number of allylic oxidation sites excluding steroid dienone is 2. The normalized spacial score (nSPS) is 19.1. The van der Waals surface area contributed by atoms with Crippen LogP contribution in [0, 0.1) is 11.3 Å². The molecule has 3 heteroatoms. The average Bonchev–Trinajstić information content (AvgIpc) is 2.85. The van der Waals surface area contributed by atoms with E-state index in [4.69, 9.17) is 10.00 Å². The van der Waals surface area contributed by atoms with Crippen LogP contribution in [0.15, 0.2) is 16.6 Å². The molecule has 0 fully saturated rings. The number of aryl methyl sites for hydroxylation is 1. The summed E-state index contributed by atoms with van der Waals surface area (Å²) in [6.45, 7) is 0.754. The molecule has 2 nitrogen and oxygen atoms in total. The first-order valence-electron chi connectivity index (χ1n) is 5.37. The first-order chi connectivity index (χ1) is 7.81. The molecule has 1 aromatic rings. The first-order valence-corrected chi connectivity index (χ1v) is 6.16. The lowest BCUT2D eigenvalue weighted by Crippen LogP contribution is -1.90. The van der Waals surface area contributed by atoms with Crippen LogP contribution < -0.4 is 4.74 Å². The molecule has 0 saturated heterocycles. The van der Waals surface area contributed by atoms with Crippen molar-refractivity contribution in [2.45, 2.75) is 19.3 Å². The molecule has 0 atom stereocenters. The van der Waals surface area contributed by atoms with Crippen molar-refractivity contribution in [3.05, 3.63) is 33.3 Å². The highest BCUT2D eigenvalue weighted by atomic mass is 79.9. The van der Waals surface area contributed by atoms with E-state index in [1.165, 1.54) is 22.3 Å². The first kappa shape index (κ1) is 9.92. The van der Waals surface area contributed by atoms with Gasteiger partial charge in [-0.15, -0.1) is 0 Å². The minimum absolute atomic E-state index is 0.754. The Morgan fingerprint density at radius 1 is 1.38 bits per heavy atom. The third-order valence-corrected chi connectivity index (χ3v) is 3.83. The Kier molecular flexibility index (Phi) is 2.26. The van der Waals surface area contributed by atoms with Crippen LogP contribution in [-0.4, -0.2) is 6.61 Å². The lowest BCUT2D eigenvalue weighted by Gasteiger charge is -2.09. The summed E-state index contributed by atoms with van der Waals surface area (Å²) in [6, 6.07) is 4.28. The van der Waals surface area contributed by atoms with E-state index in [2.05, 4.69) is 28.1 Å². The standard InChI is InChI=1S/C13H10BrNO/c14-11-7-9-2-1-8(3-5-15)12(9)10-4-6-16-13(10)11/h3,7H,1-2,4,6H2. The van der Waals surface area contributed by atoms with E-state index in [9.17, 15) is 0 Å². The van der Waals surface area contributed by atoms with E-state index in [1.54, 1.807) is 6.08 Å². The number of nitrogens with zero attached hydrogens (tertiary/aromatic N) is 1. The van der Waals surface area contributed by atoms with Gasteiger partial charge in [-0.05, 0) is 51.5 Å². The van der Waals surface area contributed by atoms with E-state index in [0.29, 0.717) is 0 Å². The fraction of sp³-hybridized carbons (Fsp3) is 0.308. The van der Waals surface area contributed by atoms with E-state index in [1.807, 2.05) is 0 Å². The number of hydrogen-bond donors (Lipinski definition) is 0. The van der Waals surface area contributed by atoms with Crippen LogP contribution >= 0.6 is 15.9 Å². The maximum atomic E-state index is 8.79. The molecule has 1 aliphatic heterocycles. The highest BCUT2D eigenvalue weighted by Gasteiger charge is 2.27. The van der Waals surface area contributed by atoms with E-state index < -0.39 is 0 Å². The zero-order chi connectivity index (χ0) is 11.1. The number of hydrogen-bond acceptors (Lipinski definition) is 2. The predicted molar refractivity (Wildman–Crippen MR) is 65.3 cm³/mol. The lowest BCUT2D eigenvalue weighted by molar-refractivity contribution is 0.355. The topological polar surface area (TPSA) is 33.0 Å². The molecule has 0 radical (unpaired) electrons. The second kappa shape index (κ2) is 3.64. The molecule has 80 valence electrons. The van der Waals surface area contributed by atoms with Crippen molar-refractivity contribution in [3.63, 3.8) is 0 Å². The number of halogens is 1. The Balaban J connectivity index is 2.27. The lowest BCUT2D eigenvalue weighted by atomic mass is 9.98. The third-order valence-electron chi connectivity index (χ3n) is 3.24. The molecule has 0 bridgehead atoms. The van der Waals surface area contributed by atoms with Gasteiger partial charge in [-0.1, -0.05) is 0 Å². The molecule has 1 aliphatic carbocycles. The number of ether oxygens (including phenoxy) is 1. The fourth-order valence-electron chi connectivity index (χ4n) is 2.61. The summed E-state index contributed by atoms with van der Waals surface area (Å²) in [4.78, 5) is 0. The van der Waals surface area contributed by atoms with Crippen LogP contribution in [0.1, 0.15) is 23.1 Å². The average molecular weight is 276 g/mol. The van der Waals surface area contributed by atoms with Gasteiger partial charge in [-0.3, -0.25) is 0 Å². The second-order valence-corrected chi connectivity index (χ2v) is 4.95. The minimum atomic E-state index is 0.754. The smallest absolute Gasteiger partial charge is 0.137 e. The molecular formula is C13H10BrNO. The molecule has 2 aliphatic rings. The summed E-state index contributed by atoms with van der Waals surface area (Å²) < 4.78 is 6.68. The Hall–Kier alpha value is -1.27. The molecule has 0 saturated carbocycles. The molecule has 0 aromatic heterocycles. The molecule has 0 spiro atoms. The van der Waals surface area contributed by atoms with Gasteiger partial charge >= 0.3 is 0 Å². The fourth-order valence-corrected chi connectivity index (χ4v) is 3.24. The van der Waals surface area contributed by atoms with Gasteiger partial charge in [0, 0.05) is 18.1 Å². The van der Waals surface area contributed by atoms with Crippen molar-refractivity contribution in [2.75, 3.05) is 6.61 Å². The summed E-state index contributed by atoms with van der Waals surface area (Å²) in [7, 11) is 0. The van der Waals surface area contributed by atoms with Crippen molar-refractivity contribution in [3.8, 4) is 11.8 Å². The summed E-state index contributed by atoms with van der Waals surface area (Å²) in [5, 5.41) is 8.79. The third kappa shape index (κ3) is 1.30. The van der Waals surface area contributed by atoms with Gasteiger partial charge in [0.1, 0.15) is 5.75 Å². The van der Waals surface area contributed by atoms with Gasteiger partial charge in [0.05, 0.1) is 17.1 Å². The van der Waals surface area contributed by atoms with Crippen LogP contribution in [0.4, 0.5) is 0 Å². The molecule has 0 unspecified atom stereocenters. The molecule has 1 heterocycles. The van der Waals surface area contributed by atoms with E-state index in [0.717, 1.165) is 36.1 Å². The molecule has 3 rings (SSSR count). The molecule has 16 heavy (non-hydrogen) atoms. The molecule has 1 aromatic carbocycles. The van der Waals surface area contributed by atoms with Crippen molar-refractivity contribution in [1.82, 2.24) is 0 Å². The maximum Gasteiger partial charge on any atom is 0.137 e. The van der Waals surface area contributed by atoms with Gasteiger partial charge in [-0.2, -0.15) is 5.26 Å². The van der Waals surface area contributed by atoms with Crippen LogP contribution in [0.3, 0.4) is 0 Å². The predicted octanol–water partition coefficient (Wildman–Crippen LogP) is 3.24. The Bertz CT molecular complexity index is 540. The van der Waals surface area contributed by atoms with E-state index in [-0.39, 0.29) is 0 Å². The van der Waals surface area contributed by atoms with Gasteiger partial charge in [0.2, 0.25) is 0 Å². The highest BCUT2D eigenvalue weighted by molar-refractivity contribution is 9.10. The number of benzene rings is 1. The van der Waals surface area contributed by atoms with Crippen molar-refractivity contribution in [2.24, 2.45) is 0 Å². The second-order valence-electron chi connectivity index (χ2n) is 4.10. The van der Waals surface area contributed by atoms with Crippen molar-refractivity contribution < 1.29 is 4.74 Å². The van der Waals surface area contributed by atoms with Gasteiger partial charge < -0.3 is 4.74 Å². The van der Waals surface area contributed by atoms with Crippen molar-refractivity contribution in [1.29, 1.82) is 5.26 Å². The number of rotatable bonds is 0. The quantitative estimate of drug-likeness (QED) is 0.681. The SMILES string of the molecule is N#CC=C1CCc2cc(Br)c3c(c21)CCO3.